The first kappa shape index (κ1) is 14.2. The van der Waals surface area contributed by atoms with Crippen LogP contribution < -0.4 is 0 Å². The summed E-state index contributed by atoms with van der Waals surface area (Å²) < 4.78 is 5.21. The third-order valence-corrected chi connectivity index (χ3v) is 5.38. The van der Waals surface area contributed by atoms with Crippen LogP contribution in [0.3, 0.4) is 0 Å². The third kappa shape index (κ3) is 4.16. The minimum Gasteiger partial charge on any atom is -0.384 e. The van der Waals surface area contributed by atoms with Gasteiger partial charge in [0.25, 0.3) is 0 Å². The van der Waals surface area contributed by atoms with E-state index in [2.05, 4.69) is 4.90 Å². The van der Waals surface area contributed by atoms with Crippen molar-refractivity contribution in [1.82, 2.24) is 4.90 Å². The Bertz CT molecular complexity index is 265. The molecular formula is C14H25NO2S. The van der Waals surface area contributed by atoms with E-state index < -0.39 is 0 Å². The van der Waals surface area contributed by atoms with Crippen molar-refractivity contribution in [3.05, 3.63) is 0 Å². The fourth-order valence-electron chi connectivity index (χ4n) is 3.00. The van der Waals surface area contributed by atoms with Gasteiger partial charge in [0.2, 0.25) is 5.91 Å². The Morgan fingerprint density at radius 1 is 1.28 bits per heavy atom. The molecule has 1 aliphatic heterocycles. The zero-order valence-electron chi connectivity index (χ0n) is 11.4. The zero-order chi connectivity index (χ0) is 12.8. The summed E-state index contributed by atoms with van der Waals surface area (Å²) in [6.45, 7) is 2.64. The van der Waals surface area contributed by atoms with Gasteiger partial charge in [-0.05, 0) is 31.6 Å². The maximum Gasteiger partial charge on any atom is 0.232 e. The van der Waals surface area contributed by atoms with E-state index in [-0.39, 0.29) is 0 Å². The van der Waals surface area contributed by atoms with Crippen LogP contribution in [0.5, 0.6) is 0 Å². The second-order valence-electron chi connectivity index (χ2n) is 5.52. The second-order valence-corrected chi connectivity index (χ2v) is 6.81. The molecule has 1 unspecified atom stereocenters. The number of nitrogens with zero attached hydrogens (tertiary/aromatic N) is 1. The lowest BCUT2D eigenvalue weighted by Crippen LogP contribution is -2.42. The van der Waals surface area contributed by atoms with E-state index in [9.17, 15) is 4.79 Å². The van der Waals surface area contributed by atoms with E-state index >= 15 is 0 Å². The molecule has 2 aliphatic rings. The van der Waals surface area contributed by atoms with E-state index in [4.69, 9.17) is 4.74 Å². The van der Waals surface area contributed by atoms with Crippen LogP contribution in [0.25, 0.3) is 0 Å². The van der Waals surface area contributed by atoms with Crippen molar-refractivity contribution in [3.63, 3.8) is 0 Å². The van der Waals surface area contributed by atoms with Crippen LogP contribution >= 0.6 is 11.8 Å². The summed E-state index contributed by atoms with van der Waals surface area (Å²) in [5.74, 6) is 1.57. The van der Waals surface area contributed by atoms with E-state index in [1.807, 2.05) is 11.8 Å². The predicted octanol–water partition coefficient (Wildman–Crippen LogP) is 2.55. The van der Waals surface area contributed by atoms with Gasteiger partial charge in [-0.15, -0.1) is 11.8 Å². The van der Waals surface area contributed by atoms with Crippen molar-refractivity contribution in [3.8, 4) is 0 Å². The molecule has 0 N–H and O–H groups in total. The molecule has 1 saturated carbocycles. The minimum atomic E-state index is 0.340. The highest BCUT2D eigenvalue weighted by atomic mass is 32.2. The summed E-state index contributed by atoms with van der Waals surface area (Å²) >= 11 is 1.88. The van der Waals surface area contributed by atoms with Crippen molar-refractivity contribution < 1.29 is 9.53 Å². The van der Waals surface area contributed by atoms with Gasteiger partial charge < -0.3 is 9.64 Å². The number of thioether (sulfide) groups is 1. The van der Waals surface area contributed by atoms with Gasteiger partial charge >= 0.3 is 0 Å². The van der Waals surface area contributed by atoms with Gasteiger partial charge in [-0.3, -0.25) is 4.79 Å². The maximum atomic E-state index is 12.2. The Hall–Kier alpha value is -0.220. The van der Waals surface area contributed by atoms with Crippen molar-refractivity contribution >= 4 is 17.7 Å². The van der Waals surface area contributed by atoms with Crippen LogP contribution in [0.15, 0.2) is 0 Å². The molecule has 2 rings (SSSR count). The topological polar surface area (TPSA) is 29.5 Å². The molecule has 2 fully saturated rings. The Kier molecular flexibility index (Phi) is 5.83. The van der Waals surface area contributed by atoms with Crippen LogP contribution in [0.1, 0.15) is 38.5 Å². The number of piperidine rings is 1. The molecule has 0 radical (unpaired) electrons. The van der Waals surface area contributed by atoms with Crippen molar-refractivity contribution in [1.29, 1.82) is 0 Å². The summed E-state index contributed by atoms with van der Waals surface area (Å²) in [7, 11) is 1.75. The monoisotopic (exact) mass is 271 g/mol. The van der Waals surface area contributed by atoms with Crippen LogP contribution in [0.2, 0.25) is 0 Å². The fourth-order valence-corrected chi connectivity index (χ4v) is 4.23. The molecule has 104 valence electrons. The van der Waals surface area contributed by atoms with Crippen molar-refractivity contribution in [2.45, 2.75) is 43.8 Å². The molecule has 0 spiro atoms. The minimum absolute atomic E-state index is 0.340. The van der Waals surface area contributed by atoms with Crippen LogP contribution in [-0.4, -0.2) is 48.6 Å². The van der Waals surface area contributed by atoms with Crippen LogP contribution in [0, 0.1) is 5.92 Å². The SMILES string of the molecule is COCC1CCCN(C(=O)CSC2CCCC2)C1. The molecule has 0 aromatic carbocycles. The number of ether oxygens (including phenoxy) is 1. The number of carbonyl (C=O) groups is 1. The molecule has 0 aromatic heterocycles. The number of hydrogen-bond donors (Lipinski definition) is 0. The summed E-state index contributed by atoms with van der Waals surface area (Å²) in [4.78, 5) is 14.2. The Labute approximate surface area is 115 Å². The molecule has 1 amide bonds. The van der Waals surface area contributed by atoms with Crippen LogP contribution in [0.4, 0.5) is 0 Å². The maximum absolute atomic E-state index is 12.2. The van der Waals surface area contributed by atoms with E-state index in [1.54, 1.807) is 7.11 Å². The average molecular weight is 271 g/mol. The number of rotatable bonds is 5. The summed E-state index contributed by atoms with van der Waals surface area (Å²) in [6, 6.07) is 0. The molecule has 18 heavy (non-hydrogen) atoms. The lowest BCUT2D eigenvalue weighted by Gasteiger charge is -2.32. The number of amides is 1. The van der Waals surface area contributed by atoms with E-state index in [1.165, 1.54) is 32.1 Å². The van der Waals surface area contributed by atoms with Crippen molar-refractivity contribution in [2.75, 3.05) is 32.6 Å². The lowest BCUT2D eigenvalue weighted by molar-refractivity contribution is -0.130. The molecule has 1 saturated heterocycles. The number of likely N-dealkylation sites (tertiary alicyclic amines) is 1. The van der Waals surface area contributed by atoms with E-state index in [0.717, 1.165) is 31.4 Å². The van der Waals surface area contributed by atoms with Gasteiger partial charge in [0.05, 0.1) is 12.4 Å². The first-order chi connectivity index (χ1) is 8.79. The quantitative estimate of drug-likeness (QED) is 0.769. The molecule has 0 bridgehead atoms. The smallest absolute Gasteiger partial charge is 0.232 e. The van der Waals surface area contributed by atoms with Gasteiger partial charge in [0, 0.05) is 25.4 Å². The third-order valence-electron chi connectivity index (χ3n) is 4.02. The largest absolute Gasteiger partial charge is 0.384 e. The Morgan fingerprint density at radius 3 is 2.78 bits per heavy atom. The Morgan fingerprint density at radius 2 is 2.06 bits per heavy atom. The molecule has 3 nitrogen and oxygen atoms in total. The number of hydrogen-bond acceptors (Lipinski definition) is 3. The average Bonchev–Trinajstić information content (AvgIpc) is 2.90. The second kappa shape index (κ2) is 7.39. The fraction of sp³-hybridized carbons (Fsp3) is 0.929. The summed E-state index contributed by atoms with van der Waals surface area (Å²) in [5, 5.41) is 0.744. The van der Waals surface area contributed by atoms with Gasteiger partial charge in [-0.1, -0.05) is 12.8 Å². The highest BCUT2D eigenvalue weighted by Crippen LogP contribution is 2.29. The van der Waals surface area contributed by atoms with Gasteiger partial charge in [0.1, 0.15) is 0 Å². The van der Waals surface area contributed by atoms with Crippen LogP contribution in [-0.2, 0) is 9.53 Å². The first-order valence-electron chi connectivity index (χ1n) is 7.18. The van der Waals surface area contributed by atoms with Crippen molar-refractivity contribution in [2.24, 2.45) is 5.92 Å². The van der Waals surface area contributed by atoms with Gasteiger partial charge in [0.15, 0.2) is 0 Å². The first-order valence-corrected chi connectivity index (χ1v) is 8.23. The summed E-state index contributed by atoms with van der Waals surface area (Å²) in [5.41, 5.74) is 0. The highest BCUT2D eigenvalue weighted by molar-refractivity contribution is 8.00. The number of methoxy groups -OCH3 is 1. The predicted molar refractivity (Wildman–Crippen MR) is 75.9 cm³/mol. The highest BCUT2D eigenvalue weighted by Gasteiger charge is 2.24. The molecule has 1 atom stereocenters. The molecule has 1 heterocycles. The molecule has 1 aliphatic carbocycles. The Balaban J connectivity index is 1.70. The number of carbonyl (C=O) groups excluding carboxylic acids is 1. The normalized spacial score (nSPS) is 25.6. The van der Waals surface area contributed by atoms with E-state index in [0.29, 0.717) is 17.6 Å². The standard InChI is InChI=1S/C14H25NO2S/c1-17-10-12-5-4-8-15(9-12)14(16)11-18-13-6-2-3-7-13/h12-13H,2-11H2,1H3. The van der Waals surface area contributed by atoms with Gasteiger partial charge in [-0.25, -0.2) is 0 Å². The molecule has 0 aromatic rings. The lowest BCUT2D eigenvalue weighted by atomic mass is 9.99. The zero-order valence-corrected chi connectivity index (χ0v) is 12.2. The molecular weight excluding hydrogens is 246 g/mol. The molecule has 4 heteroatoms. The van der Waals surface area contributed by atoms with Gasteiger partial charge in [-0.2, -0.15) is 0 Å². The summed E-state index contributed by atoms with van der Waals surface area (Å²) in [6.07, 6.45) is 7.66.